The number of carboxylic acid groups (broad SMARTS) is 1. The lowest BCUT2D eigenvalue weighted by atomic mass is 9.96. The topological polar surface area (TPSA) is 75.6 Å². The van der Waals surface area contributed by atoms with Crippen LogP contribution in [0.4, 0.5) is 0 Å². The number of nitrogens with one attached hydrogen (secondary N) is 1. The van der Waals surface area contributed by atoms with E-state index in [1.54, 1.807) is 0 Å². The van der Waals surface area contributed by atoms with Gasteiger partial charge >= 0.3 is 5.97 Å². The van der Waals surface area contributed by atoms with Gasteiger partial charge in [-0.25, -0.2) is 0 Å². The van der Waals surface area contributed by atoms with Crippen LogP contribution in [0.2, 0.25) is 0 Å². The molecule has 1 aliphatic heterocycles. The molecule has 1 rings (SSSR count). The molecule has 1 aliphatic rings. The first-order valence-corrected chi connectivity index (χ1v) is 5.64. The molecule has 5 nitrogen and oxygen atoms in total. The zero-order valence-electron chi connectivity index (χ0n) is 9.73. The van der Waals surface area contributed by atoms with E-state index in [4.69, 9.17) is 9.84 Å². The summed E-state index contributed by atoms with van der Waals surface area (Å²) in [5.41, 5.74) is 0. The average molecular weight is 229 g/mol. The molecule has 0 radical (unpaired) electrons. The fourth-order valence-electron chi connectivity index (χ4n) is 1.72. The molecular formula is C11H19NO4. The SMILES string of the molecule is CC(C)C(CNC(=O)[C@@H]1CCCO1)C(=O)O. The molecule has 2 N–H and O–H groups in total. The Morgan fingerprint density at radius 1 is 1.50 bits per heavy atom. The van der Waals surface area contributed by atoms with Crippen LogP contribution >= 0.6 is 0 Å². The second-order valence-electron chi connectivity index (χ2n) is 4.44. The van der Waals surface area contributed by atoms with Gasteiger partial charge in [0.15, 0.2) is 0 Å². The van der Waals surface area contributed by atoms with Crippen LogP contribution in [-0.2, 0) is 14.3 Å². The molecule has 0 aromatic carbocycles. The van der Waals surface area contributed by atoms with Crippen molar-refractivity contribution < 1.29 is 19.4 Å². The Morgan fingerprint density at radius 3 is 2.62 bits per heavy atom. The Bertz CT molecular complexity index is 259. The molecule has 1 heterocycles. The van der Waals surface area contributed by atoms with E-state index in [2.05, 4.69) is 5.32 Å². The molecule has 1 unspecified atom stereocenters. The van der Waals surface area contributed by atoms with Crippen molar-refractivity contribution in [2.24, 2.45) is 11.8 Å². The Kier molecular flexibility index (Phi) is 4.73. The third-order valence-corrected chi connectivity index (χ3v) is 2.84. The fraction of sp³-hybridized carbons (Fsp3) is 0.818. The molecule has 16 heavy (non-hydrogen) atoms. The Hall–Kier alpha value is -1.10. The molecule has 0 aliphatic carbocycles. The van der Waals surface area contributed by atoms with Crippen LogP contribution in [-0.4, -0.2) is 36.2 Å². The van der Waals surface area contributed by atoms with Crippen molar-refractivity contribution in [1.29, 1.82) is 0 Å². The normalized spacial score (nSPS) is 22.1. The summed E-state index contributed by atoms with van der Waals surface area (Å²) in [6.45, 7) is 4.45. The molecule has 0 saturated carbocycles. The van der Waals surface area contributed by atoms with Crippen molar-refractivity contribution in [1.82, 2.24) is 5.32 Å². The summed E-state index contributed by atoms with van der Waals surface area (Å²) in [4.78, 5) is 22.5. The monoisotopic (exact) mass is 229 g/mol. The van der Waals surface area contributed by atoms with Gasteiger partial charge in [0, 0.05) is 13.2 Å². The number of hydrogen-bond acceptors (Lipinski definition) is 3. The zero-order chi connectivity index (χ0) is 12.1. The highest BCUT2D eigenvalue weighted by Gasteiger charge is 2.26. The third kappa shape index (κ3) is 3.48. The van der Waals surface area contributed by atoms with Gasteiger partial charge in [-0.3, -0.25) is 9.59 Å². The van der Waals surface area contributed by atoms with Crippen LogP contribution in [0.3, 0.4) is 0 Å². The molecule has 5 heteroatoms. The Balaban J connectivity index is 2.36. The molecule has 1 fully saturated rings. The van der Waals surface area contributed by atoms with Crippen molar-refractivity contribution in [2.75, 3.05) is 13.2 Å². The molecule has 0 spiro atoms. The summed E-state index contributed by atoms with van der Waals surface area (Å²) >= 11 is 0. The van der Waals surface area contributed by atoms with Crippen LogP contribution in [0, 0.1) is 11.8 Å². The lowest BCUT2D eigenvalue weighted by molar-refractivity contribution is -0.143. The molecule has 2 atom stereocenters. The molecule has 0 bridgehead atoms. The van der Waals surface area contributed by atoms with Gasteiger partial charge in [-0.1, -0.05) is 13.8 Å². The quantitative estimate of drug-likeness (QED) is 0.725. The smallest absolute Gasteiger partial charge is 0.308 e. The van der Waals surface area contributed by atoms with E-state index in [9.17, 15) is 9.59 Å². The highest BCUT2D eigenvalue weighted by atomic mass is 16.5. The van der Waals surface area contributed by atoms with E-state index in [-0.39, 0.29) is 24.5 Å². The molecule has 1 amide bonds. The average Bonchev–Trinajstić information content (AvgIpc) is 2.69. The minimum absolute atomic E-state index is 0.00213. The maximum Gasteiger partial charge on any atom is 0.308 e. The number of hydrogen-bond donors (Lipinski definition) is 2. The van der Waals surface area contributed by atoms with Gasteiger partial charge < -0.3 is 15.2 Å². The summed E-state index contributed by atoms with van der Waals surface area (Å²) in [6, 6.07) is 0. The lowest BCUT2D eigenvalue weighted by Gasteiger charge is -2.18. The minimum Gasteiger partial charge on any atom is -0.481 e. The second-order valence-corrected chi connectivity index (χ2v) is 4.44. The third-order valence-electron chi connectivity index (χ3n) is 2.84. The molecular weight excluding hydrogens is 210 g/mol. The van der Waals surface area contributed by atoms with E-state index in [1.165, 1.54) is 0 Å². The molecule has 1 saturated heterocycles. The van der Waals surface area contributed by atoms with Crippen LogP contribution in [0.1, 0.15) is 26.7 Å². The van der Waals surface area contributed by atoms with Crippen molar-refractivity contribution in [3.05, 3.63) is 0 Å². The van der Waals surface area contributed by atoms with Gasteiger partial charge in [0.25, 0.3) is 0 Å². The summed E-state index contributed by atoms with van der Waals surface area (Å²) in [5, 5.41) is 11.6. The van der Waals surface area contributed by atoms with Gasteiger partial charge in [0.1, 0.15) is 6.10 Å². The summed E-state index contributed by atoms with van der Waals surface area (Å²) < 4.78 is 5.21. The van der Waals surface area contributed by atoms with Gasteiger partial charge in [-0.05, 0) is 18.8 Å². The number of carbonyl (C=O) groups is 2. The van der Waals surface area contributed by atoms with Gasteiger partial charge in [-0.2, -0.15) is 0 Å². The standard InChI is InChI=1S/C11H19NO4/c1-7(2)8(11(14)15)6-12-10(13)9-4-3-5-16-9/h7-9H,3-6H2,1-2H3,(H,12,13)(H,14,15)/t8?,9-/m0/s1. The number of carbonyl (C=O) groups excluding carboxylic acids is 1. The van der Waals surface area contributed by atoms with E-state index in [0.29, 0.717) is 6.61 Å². The highest BCUT2D eigenvalue weighted by Crippen LogP contribution is 2.13. The van der Waals surface area contributed by atoms with Crippen molar-refractivity contribution >= 4 is 11.9 Å². The maximum absolute atomic E-state index is 11.6. The highest BCUT2D eigenvalue weighted by molar-refractivity contribution is 5.81. The lowest BCUT2D eigenvalue weighted by Crippen LogP contribution is -2.40. The number of rotatable bonds is 5. The maximum atomic E-state index is 11.6. The first kappa shape index (κ1) is 13.0. The number of amides is 1. The minimum atomic E-state index is -0.873. The number of aliphatic carboxylic acids is 1. The van der Waals surface area contributed by atoms with Gasteiger partial charge in [0.2, 0.25) is 5.91 Å². The van der Waals surface area contributed by atoms with Crippen molar-refractivity contribution in [2.45, 2.75) is 32.8 Å². The van der Waals surface area contributed by atoms with Crippen molar-refractivity contribution in [3.8, 4) is 0 Å². The van der Waals surface area contributed by atoms with E-state index in [1.807, 2.05) is 13.8 Å². The summed E-state index contributed by atoms with van der Waals surface area (Å²) in [5.74, 6) is -1.60. The fourth-order valence-corrected chi connectivity index (χ4v) is 1.72. The van der Waals surface area contributed by atoms with E-state index >= 15 is 0 Å². The van der Waals surface area contributed by atoms with Gasteiger partial charge in [-0.15, -0.1) is 0 Å². The number of ether oxygens (including phenoxy) is 1. The van der Waals surface area contributed by atoms with Crippen molar-refractivity contribution in [3.63, 3.8) is 0 Å². The first-order valence-electron chi connectivity index (χ1n) is 5.64. The van der Waals surface area contributed by atoms with Crippen LogP contribution in [0.25, 0.3) is 0 Å². The summed E-state index contributed by atoms with van der Waals surface area (Å²) in [6.07, 6.45) is 1.23. The van der Waals surface area contributed by atoms with Crippen LogP contribution in [0.5, 0.6) is 0 Å². The Labute approximate surface area is 95.2 Å². The van der Waals surface area contributed by atoms with E-state index < -0.39 is 11.9 Å². The molecule has 0 aromatic heterocycles. The summed E-state index contributed by atoms with van der Waals surface area (Å²) in [7, 11) is 0. The van der Waals surface area contributed by atoms with Gasteiger partial charge in [0.05, 0.1) is 5.92 Å². The zero-order valence-corrected chi connectivity index (χ0v) is 9.73. The molecule has 0 aromatic rings. The number of carboxylic acids is 1. The Morgan fingerprint density at radius 2 is 2.19 bits per heavy atom. The first-order chi connectivity index (χ1) is 7.52. The molecule has 92 valence electrons. The van der Waals surface area contributed by atoms with Crippen LogP contribution in [0.15, 0.2) is 0 Å². The second kappa shape index (κ2) is 5.84. The predicted molar refractivity (Wildman–Crippen MR) is 57.9 cm³/mol. The van der Waals surface area contributed by atoms with Crippen LogP contribution < -0.4 is 5.32 Å². The predicted octanol–water partition coefficient (Wildman–Crippen LogP) is 0.638. The largest absolute Gasteiger partial charge is 0.481 e. The van der Waals surface area contributed by atoms with E-state index in [0.717, 1.165) is 12.8 Å².